The zero-order valence-electron chi connectivity index (χ0n) is 8.16. The normalized spacial score (nSPS) is 9.85. The van der Waals surface area contributed by atoms with E-state index in [4.69, 9.17) is 16.3 Å². The Kier molecular flexibility index (Phi) is 2.63. The van der Waals surface area contributed by atoms with Crippen LogP contribution in [0.15, 0.2) is 12.1 Å². The molecular weight excluding hydrogens is 166 g/mol. The maximum atomic E-state index is 5.77. The molecule has 0 saturated carbocycles. The molecule has 0 radical (unpaired) electrons. The number of hydrogen-bond donors (Lipinski definition) is 2. The molecule has 0 amide bonds. The molecule has 4 heteroatoms. The molecule has 0 atom stereocenters. The molecule has 4 N–H and O–H groups in total. The van der Waals surface area contributed by atoms with Gasteiger partial charge in [-0.1, -0.05) is 0 Å². The van der Waals surface area contributed by atoms with Gasteiger partial charge >= 0.3 is 0 Å². The summed E-state index contributed by atoms with van der Waals surface area (Å²) in [6, 6.07) is 3.67. The van der Waals surface area contributed by atoms with Gasteiger partial charge in [0.05, 0.1) is 18.5 Å². The number of ether oxygens (including phenoxy) is 1. The minimum absolute atomic E-state index is 0.656. The fraction of sp³-hybridized carbons (Fsp3) is 0.333. The van der Waals surface area contributed by atoms with Crippen molar-refractivity contribution in [2.24, 2.45) is 5.84 Å². The van der Waals surface area contributed by atoms with E-state index in [0.29, 0.717) is 5.69 Å². The summed E-state index contributed by atoms with van der Waals surface area (Å²) in [5, 5.41) is 1.47. The Hall–Kier alpha value is -1.42. The lowest BCUT2D eigenvalue weighted by atomic mass is 10.1. The van der Waals surface area contributed by atoms with Crippen molar-refractivity contribution in [3.05, 3.63) is 17.7 Å². The molecule has 72 valence electrons. The van der Waals surface area contributed by atoms with E-state index < -0.39 is 0 Å². The second kappa shape index (κ2) is 3.53. The third kappa shape index (κ3) is 1.84. The number of hydrogen-bond acceptors (Lipinski definition) is 4. The second-order valence-corrected chi connectivity index (χ2v) is 2.99. The van der Waals surface area contributed by atoms with Crippen LogP contribution >= 0.6 is 0 Å². The molecule has 0 saturated heterocycles. The van der Waals surface area contributed by atoms with Crippen LogP contribution in [0.2, 0.25) is 0 Å². The number of hydrazine groups is 1. The van der Waals surface area contributed by atoms with Crippen LogP contribution in [0, 0.1) is 6.92 Å². The highest BCUT2D eigenvalue weighted by Gasteiger charge is 2.06. The van der Waals surface area contributed by atoms with Gasteiger partial charge in [-0.25, -0.2) is 5.84 Å². The molecule has 0 unspecified atom stereocenters. The van der Waals surface area contributed by atoms with Crippen LogP contribution in [0.25, 0.3) is 0 Å². The largest absolute Gasteiger partial charge is 0.496 e. The lowest BCUT2D eigenvalue weighted by Gasteiger charge is -2.17. The van der Waals surface area contributed by atoms with E-state index in [0.717, 1.165) is 17.0 Å². The summed E-state index contributed by atoms with van der Waals surface area (Å²) in [6.45, 7) is 1.94. The van der Waals surface area contributed by atoms with Crippen molar-refractivity contribution in [3.8, 4) is 5.75 Å². The van der Waals surface area contributed by atoms with Crippen molar-refractivity contribution in [3.63, 3.8) is 0 Å². The maximum Gasteiger partial charge on any atom is 0.124 e. The van der Waals surface area contributed by atoms with Gasteiger partial charge in [-0.3, -0.25) is 0 Å². The zero-order valence-corrected chi connectivity index (χ0v) is 8.16. The molecule has 0 aliphatic carbocycles. The van der Waals surface area contributed by atoms with Gasteiger partial charge in [-0.15, -0.1) is 0 Å². The van der Waals surface area contributed by atoms with Gasteiger partial charge in [0, 0.05) is 13.1 Å². The topological polar surface area (TPSA) is 64.5 Å². The third-order valence-electron chi connectivity index (χ3n) is 1.92. The number of rotatable bonds is 2. The quantitative estimate of drug-likeness (QED) is 0.404. The first-order valence-corrected chi connectivity index (χ1v) is 3.98. The Morgan fingerprint density at radius 3 is 2.46 bits per heavy atom. The first kappa shape index (κ1) is 9.67. The van der Waals surface area contributed by atoms with E-state index in [1.165, 1.54) is 5.01 Å². The first-order chi connectivity index (χ1) is 6.06. The molecule has 1 rings (SSSR count). The van der Waals surface area contributed by atoms with Gasteiger partial charge in [-0.05, 0) is 18.6 Å². The molecule has 0 bridgehead atoms. The van der Waals surface area contributed by atoms with E-state index >= 15 is 0 Å². The van der Waals surface area contributed by atoms with E-state index in [-0.39, 0.29) is 0 Å². The Morgan fingerprint density at radius 2 is 2.00 bits per heavy atom. The van der Waals surface area contributed by atoms with Crippen LogP contribution in [0.4, 0.5) is 11.4 Å². The zero-order chi connectivity index (χ0) is 10.0. The summed E-state index contributed by atoms with van der Waals surface area (Å²) in [7, 11) is 3.36. The predicted octanol–water partition coefficient (Wildman–Crippen LogP) is 0.896. The molecule has 0 spiro atoms. The van der Waals surface area contributed by atoms with Gasteiger partial charge in [0.1, 0.15) is 5.75 Å². The second-order valence-electron chi connectivity index (χ2n) is 2.99. The third-order valence-corrected chi connectivity index (χ3v) is 1.92. The Morgan fingerprint density at radius 1 is 1.38 bits per heavy atom. The highest BCUT2D eigenvalue weighted by atomic mass is 16.5. The fourth-order valence-corrected chi connectivity index (χ4v) is 1.23. The van der Waals surface area contributed by atoms with Crippen molar-refractivity contribution in [2.45, 2.75) is 6.92 Å². The Labute approximate surface area is 78.0 Å². The van der Waals surface area contributed by atoms with Crippen LogP contribution in [-0.2, 0) is 0 Å². The Balaban J connectivity index is 3.22. The van der Waals surface area contributed by atoms with Gasteiger partial charge in [-0.2, -0.15) is 0 Å². The van der Waals surface area contributed by atoms with Crippen molar-refractivity contribution >= 4 is 11.4 Å². The smallest absolute Gasteiger partial charge is 0.124 e. The highest BCUT2D eigenvalue weighted by molar-refractivity contribution is 5.70. The minimum Gasteiger partial charge on any atom is -0.496 e. The van der Waals surface area contributed by atoms with Crippen molar-refractivity contribution in [2.75, 3.05) is 24.9 Å². The lowest BCUT2D eigenvalue weighted by molar-refractivity contribution is 0.412. The molecule has 0 aromatic heterocycles. The maximum absolute atomic E-state index is 5.77. The van der Waals surface area contributed by atoms with Crippen LogP contribution in [0.5, 0.6) is 5.75 Å². The van der Waals surface area contributed by atoms with E-state index in [1.807, 2.05) is 19.1 Å². The molecule has 0 aliphatic heterocycles. The summed E-state index contributed by atoms with van der Waals surface area (Å²) in [4.78, 5) is 0. The minimum atomic E-state index is 0.656. The van der Waals surface area contributed by atoms with Crippen molar-refractivity contribution < 1.29 is 4.74 Å². The summed E-state index contributed by atoms with van der Waals surface area (Å²) in [5.41, 5.74) is 8.20. The first-order valence-electron chi connectivity index (χ1n) is 3.98. The summed E-state index contributed by atoms with van der Waals surface area (Å²) >= 11 is 0. The molecule has 13 heavy (non-hydrogen) atoms. The number of benzene rings is 1. The number of nitrogen functional groups attached to an aromatic ring is 1. The predicted molar refractivity (Wildman–Crippen MR) is 54.7 cm³/mol. The molecule has 1 aromatic rings. The average Bonchev–Trinajstić information content (AvgIpc) is 2.03. The van der Waals surface area contributed by atoms with Gasteiger partial charge in [0.15, 0.2) is 0 Å². The van der Waals surface area contributed by atoms with Gasteiger partial charge in [0.25, 0.3) is 0 Å². The molecular formula is C9H15N3O. The summed E-state index contributed by atoms with van der Waals surface area (Å²) in [5.74, 6) is 6.38. The van der Waals surface area contributed by atoms with Crippen LogP contribution in [0.1, 0.15) is 5.56 Å². The van der Waals surface area contributed by atoms with E-state index in [2.05, 4.69) is 0 Å². The summed E-state index contributed by atoms with van der Waals surface area (Å²) < 4.78 is 5.15. The van der Waals surface area contributed by atoms with Crippen LogP contribution in [-0.4, -0.2) is 14.2 Å². The number of nitrogens with two attached hydrogens (primary N) is 2. The standard InChI is InChI=1S/C9H15N3O/c1-6-4-7(10)8(12(2)11)5-9(6)13-3/h4-5H,10-11H2,1-3H3. The molecule has 0 fully saturated rings. The van der Waals surface area contributed by atoms with Gasteiger partial charge < -0.3 is 15.5 Å². The fourth-order valence-electron chi connectivity index (χ4n) is 1.23. The number of nitrogens with zero attached hydrogens (tertiary/aromatic N) is 1. The van der Waals surface area contributed by atoms with E-state index in [9.17, 15) is 0 Å². The molecule has 4 nitrogen and oxygen atoms in total. The molecule has 0 heterocycles. The monoisotopic (exact) mass is 181 g/mol. The van der Waals surface area contributed by atoms with Crippen molar-refractivity contribution in [1.29, 1.82) is 0 Å². The Bertz CT molecular complexity index is 310. The molecule has 1 aromatic carbocycles. The van der Waals surface area contributed by atoms with Crippen LogP contribution < -0.4 is 21.3 Å². The SMILES string of the molecule is COc1cc(N(C)N)c(N)cc1C. The summed E-state index contributed by atoms with van der Waals surface area (Å²) in [6.07, 6.45) is 0. The number of anilines is 2. The van der Waals surface area contributed by atoms with E-state index in [1.54, 1.807) is 14.2 Å². The number of aryl methyl sites for hydroxylation is 1. The average molecular weight is 181 g/mol. The van der Waals surface area contributed by atoms with Crippen molar-refractivity contribution in [1.82, 2.24) is 0 Å². The highest BCUT2D eigenvalue weighted by Crippen LogP contribution is 2.29. The molecule has 0 aliphatic rings. The number of methoxy groups -OCH3 is 1. The lowest BCUT2D eigenvalue weighted by Crippen LogP contribution is -2.26. The van der Waals surface area contributed by atoms with Crippen LogP contribution in [0.3, 0.4) is 0 Å². The van der Waals surface area contributed by atoms with Gasteiger partial charge in [0.2, 0.25) is 0 Å².